The molecule has 1 aliphatic rings. The summed E-state index contributed by atoms with van der Waals surface area (Å²) in [5.41, 5.74) is 1.02. The molecular formula is C16H20N6O3. The third-order valence-electron chi connectivity index (χ3n) is 3.65. The standard InChI is InChI=1S/C16H20N6O3/c23-14(18-8-12-4-2-1-3-5-12)9-22-11-19-16(21-22)20-15(24)13-10-25-7-6-17-13/h1-5,11,13,17H,6-10H2,(H,18,23)(H,20,21,24). The van der Waals surface area contributed by atoms with E-state index in [1.54, 1.807) is 0 Å². The van der Waals surface area contributed by atoms with Gasteiger partial charge in [-0.25, -0.2) is 9.67 Å². The van der Waals surface area contributed by atoms with Crippen LogP contribution in [0, 0.1) is 0 Å². The van der Waals surface area contributed by atoms with E-state index in [1.807, 2.05) is 30.3 Å². The van der Waals surface area contributed by atoms with Crippen molar-refractivity contribution >= 4 is 17.8 Å². The number of nitrogens with one attached hydrogen (secondary N) is 3. The fourth-order valence-electron chi connectivity index (χ4n) is 2.36. The molecule has 1 fully saturated rings. The minimum atomic E-state index is -0.421. The number of nitrogens with zero attached hydrogens (tertiary/aromatic N) is 3. The summed E-state index contributed by atoms with van der Waals surface area (Å²) in [4.78, 5) is 28.0. The quantitative estimate of drug-likeness (QED) is 0.653. The zero-order chi connectivity index (χ0) is 17.5. The van der Waals surface area contributed by atoms with E-state index in [4.69, 9.17) is 4.74 Å². The van der Waals surface area contributed by atoms with Gasteiger partial charge in [-0.05, 0) is 5.56 Å². The molecule has 1 unspecified atom stereocenters. The van der Waals surface area contributed by atoms with Crippen molar-refractivity contribution in [3.8, 4) is 0 Å². The summed E-state index contributed by atoms with van der Waals surface area (Å²) in [5, 5.41) is 12.5. The number of hydrogen-bond acceptors (Lipinski definition) is 6. The molecule has 1 aromatic heterocycles. The average molecular weight is 344 g/mol. The van der Waals surface area contributed by atoms with Crippen molar-refractivity contribution in [2.45, 2.75) is 19.1 Å². The maximum atomic E-state index is 12.0. The Morgan fingerprint density at radius 1 is 1.32 bits per heavy atom. The monoisotopic (exact) mass is 344 g/mol. The fourth-order valence-corrected chi connectivity index (χ4v) is 2.36. The van der Waals surface area contributed by atoms with Gasteiger partial charge in [-0.2, -0.15) is 0 Å². The molecule has 1 aliphatic heterocycles. The van der Waals surface area contributed by atoms with Crippen LogP contribution in [-0.4, -0.2) is 52.4 Å². The number of anilines is 1. The molecule has 0 bridgehead atoms. The van der Waals surface area contributed by atoms with Crippen LogP contribution in [0.4, 0.5) is 5.95 Å². The molecule has 2 heterocycles. The van der Waals surface area contributed by atoms with E-state index in [0.717, 1.165) is 5.56 Å². The Kier molecular flexibility index (Phi) is 5.70. The molecular weight excluding hydrogens is 324 g/mol. The second kappa shape index (κ2) is 8.36. The Balaban J connectivity index is 1.46. The highest BCUT2D eigenvalue weighted by molar-refractivity contribution is 5.93. The first-order valence-electron chi connectivity index (χ1n) is 8.03. The first-order valence-corrected chi connectivity index (χ1v) is 8.03. The summed E-state index contributed by atoms with van der Waals surface area (Å²) in [6, 6.07) is 9.21. The summed E-state index contributed by atoms with van der Waals surface area (Å²) in [5.74, 6) is -0.284. The van der Waals surface area contributed by atoms with Crippen LogP contribution in [0.3, 0.4) is 0 Å². The molecule has 25 heavy (non-hydrogen) atoms. The maximum absolute atomic E-state index is 12.0. The largest absolute Gasteiger partial charge is 0.378 e. The van der Waals surface area contributed by atoms with Gasteiger partial charge < -0.3 is 15.4 Å². The number of hydrogen-bond donors (Lipinski definition) is 3. The molecule has 1 saturated heterocycles. The average Bonchev–Trinajstić information content (AvgIpc) is 3.08. The van der Waals surface area contributed by atoms with Gasteiger partial charge in [0.05, 0.1) is 13.2 Å². The van der Waals surface area contributed by atoms with Crippen molar-refractivity contribution in [1.82, 2.24) is 25.4 Å². The molecule has 2 amide bonds. The lowest BCUT2D eigenvalue weighted by atomic mass is 10.2. The molecule has 1 atom stereocenters. The molecule has 0 spiro atoms. The van der Waals surface area contributed by atoms with Crippen molar-refractivity contribution in [1.29, 1.82) is 0 Å². The van der Waals surface area contributed by atoms with Gasteiger partial charge in [0.1, 0.15) is 18.9 Å². The van der Waals surface area contributed by atoms with Crippen molar-refractivity contribution in [2.24, 2.45) is 0 Å². The third-order valence-corrected chi connectivity index (χ3v) is 3.65. The molecule has 0 saturated carbocycles. The van der Waals surface area contributed by atoms with Crippen molar-refractivity contribution in [3.63, 3.8) is 0 Å². The number of ether oxygens (including phenoxy) is 1. The summed E-state index contributed by atoms with van der Waals surface area (Å²) in [7, 11) is 0. The Hall–Kier alpha value is -2.78. The zero-order valence-corrected chi connectivity index (χ0v) is 13.6. The molecule has 9 nitrogen and oxygen atoms in total. The predicted octanol–water partition coefficient (Wildman–Crippen LogP) is -0.479. The minimum Gasteiger partial charge on any atom is -0.378 e. The van der Waals surface area contributed by atoms with Gasteiger partial charge in [-0.1, -0.05) is 30.3 Å². The van der Waals surface area contributed by atoms with Crippen LogP contribution in [0.2, 0.25) is 0 Å². The van der Waals surface area contributed by atoms with Gasteiger partial charge in [0.15, 0.2) is 0 Å². The van der Waals surface area contributed by atoms with E-state index in [1.165, 1.54) is 11.0 Å². The Morgan fingerprint density at radius 2 is 2.16 bits per heavy atom. The van der Waals surface area contributed by atoms with Crippen LogP contribution in [-0.2, 0) is 27.4 Å². The van der Waals surface area contributed by atoms with E-state index >= 15 is 0 Å². The lowest BCUT2D eigenvalue weighted by molar-refractivity contribution is -0.122. The van der Waals surface area contributed by atoms with Crippen LogP contribution in [0.1, 0.15) is 5.56 Å². The number of aromatic nitrogens is 3. The number of carbonyl (C=O) groups excluding carboxylic acids is 2. The van der Waals surface area contributed by atoms with Crippen LogP contribution < -0.4 is 16.0 Å². The number of benzene rings is 1. The Morgan fingerprint density at radius 3 is 2.92 bits per heavy atom. The van der Waals surface area contributed by atoms with Crippen molar-refractivity contribution < 1.29 is 14.3 Å². The summed E-state index contributed by atoms with van der Waals surface area (Å²) in [6.07, 6.45) is 1.41. The zero-order valence-electron chi connectivity index (χ0n) is 13.6. The predicted molar refractivity (Wildman–Crippen MR) is 89.6 cm³/mol. The highest BCUT2D eigenvalue weighted by Gasteiger charge is 2.22. The lowest BCUT2D eigenvalue weighted by Gasteiger charge is -2.22. The molecule has 132 valence electrons. The molecule has 0 radical (unpaired) electrons. The van der Waals surface area contributed by atoms with Crippen molar-refractivity contribution in [2.75, 3.05) is 25.1 Å². The first kappa shape index (κ1) is 17.1. The number of carbonyl (C=O) groups is 2. The van der Waals surface area contributed by atoms with Gasteiger partial charge in [-0.15, -0.1) is 5.10 Å². The number of amides is 2. The van der Waals surface area contributed by atoms with E-state index in [9.17, 15) is 9.59 Å². The summed E-state index contributed by atoms with van der Waals surface area (Å²) in [6.45, 7) is 2.01. The van der Waals surface area contributed by atoms with E-state index < -0.39 is 6.04 Å². The van der Waals surface area contributed by atoms with Gasteiger partial charge in [-0.3, -0.25) is 14.9 Å². The van der Waals surface area contributed by atoms with Crippen LogP contribution in [0.25, 0.3) is 0 Å². The van der Waals surface area contributed by atoms with Crippen LogP contribution in [0.15, 0.2) is 36.7 Å². The second-order valence-corrected chi connectivity index (χ2v) is 5.60. The highest BCUT2D eigenvalue weighted by Crippen LogP contribution is 2.01. The molecule has 3 rings (SSSR count). The van der Waals surface area contributed by atoms with E-state index in [2.05, 4.69) is 26.0 Å². The molecule has 0 aliphatic carbocycles. The second-order valence-electron chi connectivity index (χ2n) is 5.60. The fraction of sp³-hybridized carbons (Fsp3) is 0.375. The molecule has 2 aromatic rings. The molecule has 3 N–H and O–H groups in total. The van der Waals surface area contributed by atoms with E-state index in [-0.39, 0.29) is 24.3 Å². The summed E-state index contributed by atoms with van der Waals surface area (Å²) >= 11 is 0. The number of rotatable bonds is 6. The Bertz CT molecular complexity index is 712. The van der Waals surface area contributed by atoms with Crippen molar-refractivity contribution in [3.05, 3.63) is 42.2 Å². The highest BCUT2D eigenvalue weighted by atomic mass is 16.5. The Labute approximate surface area is 144 Å². The minimum absolute atomic E-state index is 0.0283. The molecule has 9 heteroatoms. The van der Waals surface area contributed by atoms with Crippen LogP contribution in [0.5, 0.6) is 0 Å². The smallest absolute Gasteiger partial charge is 0.248 e. The van der Waals surface area contributed by atoms with Gasteiger partial charge in [0.25, 0.3) is 0 Å². The molecule has 1 aromatic carbocycles. The van der Waals surface area contributed by atoms with Gasteiger partial charge in [0.2, 0.25) is 17.8 Å². The number of morpholine rings is 1. The van der Waals surface area contributed by atoms with Gasteiger partial charge >= 0.3 is 0 Å². The first-order chi connectivity index (χ1) is 12.2. The topological polar surface area (TPSA) is 110 Å². The maximum Gasteiger partial charge on any atom is 0.248 e. The summed E-state index contributed by atoms with van der Waals surface area (Å²) < 4.78 is 6.62. The van der Waals surface area contributed by atoms with E-state index in [0.29, 0.717) is 26.3 Å². The third kappa shape index (κ3) is 5.10. The SMILES string of the molecule is O=C(Cn1cnc(NC(=O)C2COCCN2)n1)NCc1ccccc1. The lowest BCUT2D eigenvalue weighted by Crippen LogP contribution is -2.49. The van der Waals surface area contributed by atoms with Gasteiger partial charge in [0, 0.05) is 13.1 Å². The normalized spacial score (nSPS) is 17.0. The van der Waals surface area contributed by atoms with Crippen LogP contribution >= 0.6 is 0 Å².